The maximum Gasteiger partial charge on any atom is 0.331 e. The molecule has 0 aliphatic rings. The van der Waals surface area contributed by atoms with Gasteiger partial charge in [0.1, 0.15) is 0 Å². The molecular weight excluding hydrogens is 170 g/mol. The second-order valence-corrected chi connectivity index (χ2v) is 3.57. The molecule has 0 unspecified atom stereocenters. The Hall–Kier alpha value is -1.03. The number of likely N-dealkylation sites (N-methyl/N-ethyl adjacent to an activating group) is 1. The average Bonchev–Trinajstić information content (AvgIpc) is 1.97. The number of methoxy groups -OCH3 is 1. The van der Waals surface area contributed by atoms with Crippen molar-refractivity contribution in [2.24, 2.45) is 0 Å². The van der Waals surface area contributed by atoms with Crippen molar-refractivity contribution in [3.05, 3.63) is 12.3 Å². The maximum atomic E-state index is 10.7. The van der Waals surface area contributed by atoms with Gasteiger partial charge in [-0.15, -0.1) is 0 Å². The first-order valence-electron chi connectivity index (χ1n) is 4.04. The lowest BCUT2D eigenvalue weighted by atomic mass is 10.1. The summed E-state index contributed by atoms with van der Waals surface area (Å²) in [6.07, 6.45) is 2.88. The topological polar surface area (TPSA) is 49.8 Å². The van der Waals surface area contributed by atoms with Crippen LogP contribution in [-0.4, -0.2) is 42.3 Å². The van der Waals surface area contributed by atoms with E-state index in [1.165, 1.54) is 13.2 Å². The molecule has 0 bridgehead atoms. The number of rotatable bonds is 4. The molecule has 13 heavy (non-hydrogen) atoms. The quantitative estimate of drug-likeness (QED) is 0.510. The molecule has 0 aromatic rings. The van der Waals surface area contributed by atoms with Crippen LogP contribution in [0.3, 0.4) is 0 Å². The lowest BCUT2D eigenvalue weighted by molar-refractivity contribution is -0.134. The van der Waals surface area contributed by atoms with Crippen molar-refractivity contribution in [1.82, 2.24) is 4.90 Å². The predicted octanol–water partition coefficient (Wildman–Crippen LogP) is 0.376. The first-order chi connectivity index (χ1) is 5.85. The molecule has 1 N–H and O–H groups in total. The Morgan fingerprint density at radius 3 is 2.54 bits per heavy atom. The van der Waals surface area contributed by atoms with Gasteiger partial charge < -0.3 is 14.7 Å². The van der Waals surface area contributed by atoms with Gasteiger partial charge in [0.05, 0.1) is 12.7 Å². The average molecular weight is 187 g/mol. The number of carbonyl (C=O) groups excluding carboxylic acids is 1. The van der Waals surface area contributed by atoms with Crippen LogP contribution in [0.1, 0.15) is 13.8 Å². The molecule has 0 aliphatic carbocycles. The zero-order valence-corrected chi connectivity index (χ0v) is 8.57. The second kappa shape index (κ2) is 4.87. The number of hydrogen-bond acceptors (Lipinski definition) is 4. The molecule has 0 heterocycles. The van der Waals surface area contributed by atoms with E-state index < -0.39 is 11.6 Å². The van der Waals surface area contributed by atoms with Crippen molar-refractivity contribution in [1.29, 1.82) is 0 Å². The highest BCUT2D eigenvalue weighted by Crippen LogP contribution is 2.02. The summed E-state index contributed by atoms with van der Waals surface area (Å²) in [4.78, 5) is 12.4. The number of esters is 1. The van der Waals surface area contributed by atoms with Crippen LogP contribution in [-0.2, 0) is 9.53 Å². The van der Waals surface area contributed by atoms with Crippen LogP contribution in [0.5, 0.6) is 0 Å². The molecule has 0 aromatic heterocycles. The van der Waals surface area contributed by atoms with Gasteiger partial charge in [-0.1, -0.05) is 0 Å². The zero-order chi connectivity index (χ0) is 10.5. The Morgan fingerprint density at radius 2 is 2.15 bits per heavy atom. The van der Waals surface area contributed by atoms with Gasteiger partial charge in [0.15, 0.2) is 0 Å². The number of aliphatic hydroxyl groups is 1. The van der Waals surface area contributed by atoms with Gasteiger partial charge in [-0.3, -0.25) is 0 Å². The highest BCUT2D eigenvalue weighted by atomic mass is 16.5. The summed E-state index contributed by atoms with van der Waals surface area (Å²) in [6, 6.07) is 0. The smallest absolute Gasteiger partial charge is 0.331 e. The van der Waals surface area contributed by atoms with Crippen molar-refractivity contribution < 1.29 is 14.6 Å². The molecular formula is C9H17NO3. The van der Waals surface area contributed by atoms with Crippen molar-refractivity contribution in [2.45, 2.75) is 19.4 Å². The molecule has 0 saturated carbocycles. The Kier molecular flexibility index (Phi) is 4.48. The lowest BCUT2D eigenvalue weighted by Gasteiger charge is -2.23. The molecule has 0 saturated heterocycles. The minimum atomic E-state index is -0.769. The van der Waals surface area contributed by atoms with Gasteiger partial charge in [0, 0.05) is 25.9 Å². The summed E-state index contributed by atoms with van der Waals surface area (Å²) >= 11 is 0. The molecule has 0 aliphatic heterocycles. The Labute approximate surface area is 78.8 Å². The highest BCUT2D eigenvalue weighted by Gasteiger charge is 2.13. The summed E-state index contributed by atoms with van der Waals surface area (Å²) in [5.41, 5.74) is -0.769. The van der Waals surface area contributed by atoms with Gasteiger partial charge in [-0.2, -0.15) is 0 Å². The Balaban J connectivity index is 3.94. The fraction of sp³-hybridized carbons (Fsp3) is 0.667. The Bertz CT molecular complexity index is 194. The van der Waals surface area contributed by atoms with Gasteiger partial charge >= 0.3 is 5.97 Å². The molecule has 4 heteroatoms. The van der Waals surface area contributed by atoms with E-state index in [2.05, 4.69) is 4.74 Å². The van der Waals surface area contributed by atoms with E-state index in [-0.39, 0.29) is 0 Å². The third-order valence-corrected chi connectivity index (χ3v) is 1.30. The van der Waals surface area contributed by atoms with Gasteiger partial charge in [-0.25, -0.2) is 4.79 Å². The Morgan fingerprint density at radius 1 is 1.62 bits per heavy atom. The van der Waals surface area contributed by atoms with Crippen molar-refractivity contribution >= 4 is 5.97 Å². The van der Waals surface area contributed by atoms with Crippen LogP contribution < -0.4 is 0 Å². The van der Waals surface area contributed by atoms with Crippen LogP contribution in [0, 0.1) is 0 Å². The van der Waals surface area contributed by atoms with E-state index in [0.29, 0.717) is 6.54 Å². The molecule has 0 aromatic carbocycles. The molecule has 0 spiro atoms. The van der Waals surface area contributed by atoms with Crippen molar-refractivity contribution in [3.63, 3.8) is 0 Å². The molecule has 0 atom stereocenters. The zero-order valence-electron chi connectivity index (χ0n) is 8.57. The third-order valence-electron chi connectivity index (χ3n) is 1.30. The SMILES string of the molecule is COC(=O)C=CN(C)CC(C)(C)O. The molecule has 0 rings (SSSR count). The normalized spacial score (nSPS) is 11.8. The molecule has 0 fully saturated rings. The summed E-state index contributed by atoms with van der Waals surface area (Å²) in [5.74, 6) is -0.400. The molecule has 4 nitrogen and oxygen atoms in total. The van der Waals surface area contributed by atoms with E-state index in [0.717, 1.165) is 0 Å². The van der Waals surface area contributed by atoms with Gasteiger partial charge in [0.25, 0.3) is 0 Å². The minimum absolute atomic E-state index is 0.400. The second-order valence-electron chi connectivity index (χ2n) is 3.57. The maximum absolute atomic E-state index is 10.7. The standard InChI is InChI=1S/C9H17NO3/c1-9(2,12)7-10(3)6-5-8(11)13-4/h5-6,12H,7H2,1-4H3. The predicted molar refractivity (Wildman–Crippen MR) is 50.1 cm³/mol. The molecule has 0 amide bonds. The molecule has 76 valence electrons. The lowest BCUT2D eigenvalue weighted by Crippen LogP contribution is -2.33. The summed E-state index contributed by atoms with van der Waals surface area (Å²) < 4.78 is 4.42. The fourth-order valence-electron chi connectivity index (χ4n) is 0.919. The number of nitrogens with zero attached hydrogens (tertiary/aromatic N) is 1. The van der Waals surface area contributed by atoms with Crippen LogP contribution in [0.2, 0.25) is 0 Å². The number of hydrogen-bond donors (Lipinski definition) is 1. The van der Waals surface area contributed by atoms with E-state index >= 15 is 0 Å². The van der Waals surface area contributed by atoms with E-state index in [1.807, 2.05) is 0 Å². The van der Waals surface area contributed by atoms with Crippen molar-refractivity contribution in [2.75, 3.05) is 20.7 Å². The monoisotopic (exact) mass is 187 g/mol. The van der Waals surface area contributed by atoms with E-state index in [4.69, 9.17) is 0 Å². The fourth-order valence-corrected chi connectivity index (χ4v) is 0.919. The van der Waals surface area contributed by atoms with Crippen LogP contribution in [0.4, 0.5) is 0 Å². The number of carbonyl (C=O) groups is 1. The summed E-state index contributed by atoms with van der Waals surface area (Å²) in [5, 5.41) is 9.42. The van der Waals surface area contributed by atoms with Crippen LogP contribution >= 0.6 is 0 Å². The summed E-state index contributed by atoms with van der Waals surface area (Å²) in [6.45, 7) is 3.87. The van der Waals surface area contributed by atoms with E-state index in [9.17, 15) is 9.90 Å². The highest BCUT2D eigenvalue weighted by molar-refractivity contribution is 5.81. The van der Waals surface area contributed by atoms with Gasteiger partial charge in [0.2, 0.25) is 0 Å². The third kappa shape index (κ3) is 7.33. The first kappa shape index (κ1) is 12.0. The number of ether oxygens (including phenoxy) is 1. The van der Waals surface area contributed by atoms with Crippen LogP contribution in [0.25, 0.3) is 0 Å². The first-order valence-corrected chi connectivity index (χ1v) is 4.04. The van der Waals surface area contributed by atoms with Gasteiger partial charge in [-0.05, 0) is 13.8 Å². The minimum Gasteiger partial charge on any atom is -0.466 e. The largest absolute Gasteiger partial charge is 0.466 e. The van der Waals surface area contributed by atoms with E-state index in [1.54, 1.807) is 32.0 Å². The van der Waals surface area contributed by atoms with Crippen LogP contribution in [0.15, 0.2) is 12.3 Å². The molecule has 0 radical (unpaired) electrons. The summed E-state index contributed by atoms with van der Waals surface area (Å²) in [7, 11) is 3.10. The van der Waals surface area contributed by atoms with Crippen molar-refractivity contribution in [3.8, 4) is 0 Å².